The summed E-state index contributed by atoms with van der Waals surface area (Å²) >= 11 is 0. The molecule has 0 spiro atoms. The Morgan fingerprint density at radius 3 is 2.75 bits per heavy atom. The Morgan fingerprint density at radius 1 is 1.42 bits per heavy atom. The third kappa shape index (κ3) is 2.20. The van der Waals surface area contributed by atoms with Gasteiger partial charge in [-0.1, -0.05) is 0 Å². The molecule has 0 unspecified atom stereocenters. The van der Waals surface area contributed by atoms with Crippen LogP contribution in [0.4, 0.5) is 5.95 Å². The summed E-state index contributed by atoms with van der Waals surface area (Å²) in [5, 5.41) is 10.9. The van der Waals surface area contributed by atoms with Crippen molar-refractivity contribution in [2.75, 3.05) is 18.5 Å². The van der Waals surface area contributed by atoms with Crippen LogP contribution in [0.1, 0.15) is 0 Å². The lowest BCUT2D eigenvalue weighted by molar-refractivity contribution is 0.310. The fourth-order valence-corrected chi connectivity index (χ4v) is 0.651. The average molecular weight is 172 g/mol. The molecule has 0 radical (unpaired) electrons. The van der Waals surface area contributed by atoms with Crippen LogP contribution in [0, 0.1) is 0 Å². The number of H-pyrrole nitrogens is 2. The van der Waals surface area contributed by atoms with E-state index in [1.54, 1.807) is 0 Å². The van der Waals surface area contributed by atoms with Crippen molar-refractivity contribution >= 4 is 5.95 Å². The van der Waals surface area contributed by atoms with Crippen molar-refractivity contribution in [2.45, 2.75) is 0 Å². The molecule has 7 nitrogen and oxygen atoms in total. The zero-order valence-corrected chi connectivity index (χ0v) is 6.13. The van der Waals surface area contributed by atoms with Crippen LogP contribution in [-0.4, -0.2) is 33.2 Å². The molecule has 0 amide bonds. The first kappa shape index (κ1) is 8.47. The van der Waals surface area contributed by atoms with E-state index in [0.717, 1.165) is 0 Å². The number of nitrogens with zero attached hydrogens (tertiary/aromatic N) is 1. The van der Waals surface area contributed by atoms with Crippen LogP contribution < -0.4 is 16.7 Å². The fraction of sp³-hybridized carbons (Fsp3) is 0.400. The number of hydrogen-bond acceptors (Lipinski definition) is 5. The lowest BCUT2D eigenvalue weighted by Gasteiger charge is -1.99. The van der Waals surface area contributed by atoms with Crippen LogP contribution in [-0.2, 0) is 0 Å². The number of aliphatic hydroxyl groups excluding tert-OH is 1. The van der Waals surface area contributed by atoms with Crippen LogP contribution >= 0.6 is 0 Å². The van der Waals surface area contributed by atoms with Gasteiger partial charge in [0, 0.05) is 6.54 Å². The van der Waals surface area contributed by atoms with E-state index in [1.165, 1.54) is 0 Å². The van der Waals surface area contributed by atoms with E-state index < -0.39 is 11.4 Å². The molecule has 1 aromatic heterocycles. The first-order valence-electron chi connectivity index (χ1n) is 3.28. The van der Waals surface area contributed by atoms with E-state index in [2.05, 4.69) is 15.3 Å². The Kier molecular flexibility index (Phi) is 2.59. The van der Waals surface area contributed by atoms with Gasteiger partial charge in [-0.3, -0.25) is 9.97 Å². The maximum absolute atomic E-state index is 10.6. The summed E-state index contributed by atoms with van der Waals surface area (Å²) in [7, 11) is 0. The second-order valence-corrected chi connectivity index (χ2v) is 2.00. The van der Waals surface area contributed by atoms with Crippen LogP contribution in [0.15, 0.2) is 9.59 Å². The van der Waals surface area contributed by atoms with Crippen molar-refractivity contribution in [2.24, 2.45) is 0 Å². The SMILES string of the molecule is O=c1nc(NCCO)[nH]c(=O)[nH]1. The van der Waals surface area contributed by atoms with Gasteiger partial charge in [0.05, 0.1) is 6.61 Å². The standard InChI is InChI=1S/C5H8N4O3/c10-2-1-6-3-7-4(11)9-5(12)8-3/h10H,1-2H2,(H3,6,7,8,9,11,12). The summed E-state index contributed by atoms with van der Waals surface area (Å²) < 4.78 is 0. The van der Waals surface area contributed by atoms with Gasteiger partial charge in [-0.05, 0) is 0 Å². The molecule has 1 heterocycles. The van der Waals surface area contributed by atoms with Gasteiger partial charge in [0.15, 0.2) is 0 Å². The minimum absolute atomic E-state index is 0.0535. The molecule has 0 saturated carbocycles. The quantitative estimate of drug-likeness (QED) is 0.416. The van der Waals surface area contributed by atoms with Crippen LogP contribution in [0.5, 0.6) is 0 Å². The zero-order chi connectivity index (χ0) is 8.97. The number of hydrogen-bond donors (Lipinski definition) is 4. The molecule has 0 atom stereocenters. The van der Waals surface area contributed by atoms with E-state index in [0.29, 0.717) is 0 Å². The predicted octanol–water partition coefficient (Wildman–Crippen LogP) is -2.14. The topological polar surface area (TPSA) is 111 Å². The molecule has 0 saturated heterocycles. The van der Waals surface area contributed by atoms with Gasteiger partial charge in [0.2, 0.25) is 5.95 Å². The molecule has 1 rings (SSSR count). The Balaban J connectivity index is 2.86. The molecule has 66 valence electrons. The first-order chi connectivity index (χ1) is 5.72. The highest BCUT2D eigenvalue weighted by molar-refractivity contribution is 5.20. The lowest BCUT2D eigenvalue weighted by atomic mass is 10.7. The lowest BCUT2D eigenvalue weighted by Crippen LogP contribution is -2.27. The Morgan fingerprint density at radius 2 is 2.17 bits per heavy atom. The summed E-state index contributed by atoms with van der Waals surface area (Å²) in [6.45, 7) is 0.128. The maximum atomic E-state index is 10.6. The van der Waals surface area contributed by atoms with E-state index >= 15 is 0 Å². The molecule has 12 heavy (non-hydrogen) atoms. The number of rotatable bonds is 3. The van der Waals surface area contributed by atoms with E-state index in [-0.39, 0.29) is 19.1 Å². The van der Waals surface area contributed by atoms with Crippen LogP contribution in [0.2, 0.25) is 0 Å². The van der Waals surface area contributed by atoms with Crippen molar-refractivity contribution in [3.63, 3.8) is 0 Å². The third-order valence-electron chi connectivity index (χ3n) is 1.07. The predicted molar refractivity (Wildman–Crippen MR) is 41.1 cm³/mol. The molecule has 0 fully saturated rings. The molecule has 0 aliphatic heterocycles. The average Bonchev–Trinajstić information content (AvgIpc) is 1.99. The molecule has 4 N–H and O–H groups in total. The van der Waals surface area contributed by atoms with Crippen molar-refractivity contribution < 1.29 is 5.11 Å². The Labute approximate surface area is 66.5 Å². The molecule has 1 aromatic rings. The molecular weight excluding hydrogens is 164 g/mol. The van der Waals surface area contributed by atoms with E-state index in [9.17, 15) is 9.59 Å². The minimum atomic E-state index is -0.723. The summed E-state index contributed by atoms with van der Waals surface area (Å²) in [6.07, 6.45) is 0. The molecule has 0 aromatic carbocycles. The Hall–Kier alpha value is -1.63. The second-order valence-electron chi connectivity index (χ2n) is 2.00. The Bertz CT molecular complexity index is 326. The van der Waals surface area contributed by atoms with Gasteiger partial charge < -0.3 is 10.4 Å². The fourth-order valence-electron chi connectivity index (χ4n) is 0.651. The number of anilines is 1. The number of aromatic nitrogens is 3. The van der Waals surface area contributed by atoms with Gasteiger partial charge >= 0.3 is 11.4 Å². The van der Waals surface area contributed by atoms with E-state index in [4.69, 9.17) is 5.11 Å². The van der Waals surface area contributed by atoms with Crippen molar-refractivity contribution in [3.05, 3.63) is 21.0 Å². The van der Waals surface area contributed by atoms with Gasteiger partial charge in [-0.2, -0.15) is 4.98 Å². The number of aliphatic hydroxyl groups is 1. The molecular formula is C5H8N4O3. The summed E-state index contributed by atoms with van der Waals surface area (Å²) in [5.74, 6) is 0.0535. The van der Waals surface area contributed by atoms with Gasteiger partial charge in [-0.15, -0.1) is 0 Å². The highest BCUT2D eigenvalue weighted by Gasteiger charge is 1.94. The number of aromatic amines is 2. The van der Waals surface area contributed by atoms with Gasteiger partial charge in [0.25, 0.3) is 0 Å². The maximum Gasteiger partial charge on any atom is 0.352 e. The molecule has 7 heteroatoms. The first-order valence-corrected chi connectivity index (χ1v) is 3.28. The van der Waals surface area contributed by atoms with E-state index in [1.807, 2.05) is 4.98 Å². The molecule has 0 aliphatic carbocycles. The zero-order valence-electron chi connectivity index (χ0n) is 6.13. The minimum Gasteiger partial charge on any atom is -0.395 e. The van der Waals surface area contributed by atoms with Crippen molar-refractivity contribution in [3.8, 4) is 0 Å². The van der Waals surface area contributed by atoms with Gasteiger partial charge in [-0.25, -0.2) is 9.59 Å². The second kappa shape index (κ2) is 3.67. The number of nitrogens with one attached hydrogen (secondary N) is 3. The van der Waals surface area contributed by atoms with Crippen molar-refractivity contribution in [1.82, 2.24) is 15.0 Å². The molecule has 0 bridgehead atoms. The smallest absolute Gasteiger partial charge is 0.352 e. The van der Waals surface area contributed by atoms with Crippen LogP contribution in [0.25, 0.3) is 0 Å². The highest BCUT2D eigenvalue weighted by atomic mass is 16.3. The molecule has 0 aliphatic rings. The summed E-state index contributed by atoms with van der Waals surface area (Å²) in [6, 6.07) is 0. The van der Waals surface area contributed by atoms with Crippen molar-refractivity contribution in [1.29, 1.82) is 0 Å². The van der Waals surface area contributed by atoms with Gasteiger partial charge in [0.1, 0.15) is 0 Å². The monoisotopic (exact) mass is 172 g/mol. The summed E-state index contributed by atoms with van der Waals surface area (Å²) in [5.41, 5.74) is -1.35. The summed E-state index contributed by atoms with van der Waals surface area (Å²) in [4.78, 5) is 28.7. The van der Waals surface area contributed by atoms with Crippen LogP contribution in [0.3, 0.4) is 0 Å². The highest BCUT2D eigenvalue weighted by Crippen LogP contribution is 1.83. The third-order valence-corrected chi connectivity index (χ3v) is 1.07. The normalized spacial score (nSPS) is 9.75. The largest absolute Gasteiger partial charge is 0.395 e.